The minimum absolute atomic E-state index is 0.170. The summed E-state index contributed by atoms with van der Waals surface area (Å²) in [7, 11) is 0. The molecule has 0 aliphatic carbocycles. The van der Waals surface area contributed by atoms with Crippen LogP contribution in [0.2, 0.25) is 0 Å². The van der Waals surface area contributed by atoms with Crippen molar-refractivity contribution in [3.05, 3.63) is 72.6 Å². The largest absolute Gasteiger partial charge is 0.451 e. The van der Waals surface area contributed by atoms with Gasteiger partial charge in [0.05, 0.1) is 0 Å². The molecular weight excluding hydrogens is 354 g/mol. The number of rotatable bonds is 5. The van der Waals surface area contributed by atoms with Gasteiger partial charge in [-0.25, -0.2) is 9.78 Å². The standard InChI is InChI=1S/C22H19N3O3/c1-2-25-19-9-4-3-7-16(19)17-13-15(10-11-20(17)25)24-21(26)14-28-22(27)18-8-5-6-12-23-18/h3-13H,2,14H2,1H3,(H,24,26). The Bertz CT molecular complexity index is 1170. The van der Waals surface area contributed by atoms with E-state index >= 15 is 0 Å². The van der Waals surface area contributed by atoms with Crippen LogP contribution in [0.3, 0.4) is 0 Å². The molecule has 0 bridgehead atoms. The van der Waals surface area contributed by atoms with Crippen molar-refractivity contribution in [2.24, 2.45) is 0 Å². The number of nitrogens with one attached hydrogen (secondary N) is 1. The summed E-state index contributed by atoms with van der Waals surface area (Å²) in [5.41, 5.74) is 3.10. The van der Waals surface area contributed by atoms with Gasteiger partial charge in [0.2, 0.25) is 0 Å². The Kier molecular flexibility index (Phi) is 4.76. The molecule has 0 saturated heterocycles. The molecule has 2 heterocycles. The van der Waals surface area contributed by atoms with Gasteiger partial charge in [0, 0.05) is 40.2 Å². The van der Waals surface area contributed by atoms with E-state index in [0.717, 1.165) is 28.4 Å². The summed E-state index contributed by atoms with van der Waals surface area (Å²) in [5, 5.41) is 4.99. The molecule has 0 saturated carbocycles. The summed E-state index contributed by atoms with van der Waals surface area (Å²) in [6, 6.07) is 18.9. The molecule has 6 heteroatoms. The summed E-state index contributed by atoms with van der Waals surface area (Å²) in [6.45, 7) is 2.60. The number of aryl methyl sites for hydroxylation is 1. The minimum Gasteiger partial charge on any atom is -0.451 e. The number of hydrogen-bond donors (Lipinski definition) is 1. The molecule has 0 aliphatic heterocycles. The van der Waals surface area contributed by atoms with Crippen molar-refractivity contribution in [3.63, 3.8) is 0 Å². The third-order valence-corrected chi connectivity index (χ3v) is 4.58. The predicted octanol–water partition coefficient (Wildman–Crippen LogP) is 4.00. The minimum atomic E-state index is -0.628. The van der Waals surface area contributed by atoms with E-state index < -0.39 is 11.9 Å². The topological polar surface area (TPSA) is 73.2 Å². The van der Waals surface area contributed by atoms with Gasteiger partial charge in [-0.05, 0) is 43.3 Å². The maximum absolute atomic E-state index is 12.2. The first-order valence-electron chi connectivity index (χ1n) is 9.06. The Hall–Kier alpha value is -3.67. The molecule has 0 spiro atoms. The van der Waals surface area contributed by atoms with Gasteiger partial charge in [-0.1, -0.05) is 24.3 Å². The second kappa shape index (κ2) is 7.52. The first kappa shape index (κ1) is 17.7. The van der Waals surface area contributed by atoms with E-state index in [1.165, 1.54) is 12.3 Å². The monoisotopic (exact) mass is 373 g/mol. The van der Waals surface area contributed by atoms with Gasteiger partial charge < -0.3 is 14.6 Å². The molecule has 6 nitrogen and oxygen atoms in total. The third kappa shape index (κ3) is 3.32. The molecule has 0 unspecified atom stereocenters. The van der Waals surface area contributed by atoms with Crippen molar-refractivity contribution in [1.82, 2.24) is 9.55 Å². The van der Waals surface area contributed by atoms with Crippen molar-refractivity contribution in [2.45, 2.75) is 13.5 Å². The summed E-state index contributed by atoms with van der Waals surface area (Å²) >= 11 is 0. The molecule has 2 aromatic carbocycles. The first-order valence-corrected chi connectivity index (χ1v) is 9.06. The van der Waals surface area contributed by atoms with Crippen LogP contribution in [-0.4, -0.2) is 28.0 Å². The zero-order chi connectivity index (χ0) is 19.5. The van der Waals surface area contributed by atoms with Crippen LogP contribution in [0, 0.1) is 0 Å². The molecule has 0 atom stereocenters. The lowest BCUT2D eigenvalue weighted by Gasteiger charge is -2.07. The number of carbonyl (C=O) groups is 2. The quantitative estimate of drug-likeness (QED) is 0.537. The second-order valence-corrected chi connectivity index (χ2v) is 6.33. The molecule has 1 amide bonds. The number of aromatic nitrogens is 2. The number of hydrogen-bond acceptors (Lipinski definition) is 4. The molecule has 0 aliphatic rings. The Morgan fingerprint density at radius 2 is 1.79 bits per heavy atom. The number of esters is 1. The number of amides is 1. The highest BCUT2D eigenvalue weighted by Crippen LogP contribution is 2.30. The number of anilines is 1. The van der Waals surface area contributed by atoms with Crippen LogP contribution in [0.15, 0.2) is 66.9 Å². The summed E-state index contributed by atoms with van der Waals surface area (Å²) in [6.07, 6.45) is 1.50. The van der Waals surface area contributed by atoms with Crippen molar-refractivity contribution in [1.29, 1.82) is 0 Å². The van der Waals surface area contributed by atoms with E-state index in [-0.39, 0.29) is 12.3 Å². The molecule has 2 aromatic heterocycles. The first-order chi connectivity index (χ1) is 13.7. The molecule has 4 aromatic rings. The summed E-state index contributed by atoms with van der Waals surface area (Å²) < 4.78 is 7.26. The average Bonchev–Trinajstić information content (AvgIpc) is 3.05. The van der Waals surface area contributed by atoms with Crippen LogP contribution in [0.1, 0.15) is 17.4 Å². The van der Waals surface area contributed by atoms with Gasteiger partial charge >= 0.3 is 5.97 Å². The molecule has 28 heavy (non-hydrogen) atoms. The van der Waals surface area contributed by atoms with Gasteiger partial charge in [0.25, 0.3) is 5.91 Å². The van der Waals surface area contributed by atoms with Crippen molar-refractivity contribution in [3.8, 4) is 0 Å². The van der Waals surface area contributed by atoms with E-state index in [1.54, 1.807) is 12.1 Å². The van der Waals surface area contributed by atoms with Crippen molar-refractivity contribution < 1.29 is 14.3 Å². The Morgan fingerprint density at radius 1 is 1.00 bits per heavy atom. The van der Waals surface area contributed by atoms with E-state index in [1.807, 2.05) is 30.3 Å². The van der Waals surface area contributed by atoms with Crippen molar-refractivity contribution in [2.75, 3.05) is 11.9 Å². The van der Waals surface area contributed by atoms with Crippen LogP contribution in [-0.2, 0) is 16.1 Å². The number of fused-ring (bicyclic) bond motifs is 3. The predicted molar refractivity (Wildman–Crippen MR) is 108 cm³/mol. The van der Waals surface area contributed by atoms with Gasteiger partial charge in [-0.2, -0.15) is 0 Å². The average molecular weight is 373 g/mol. The Morgan fingerprint density at radius 3 is 2.57 bits per heavy atom. The number of para-hydroxylation sites is 1. The summed E-state index contributed by atoms with van der Waals surface area (Å²) in [5.74, 6) is -1.03. The number of benzene rings is 2. The second-order valence-electron chi connectivity index (χ2n) is 6.33. The molecule has 4 rings (SSSR count). The molecular formula is C22H19N3O3. The number of pyridine rings is 1. The number of carbonyl (C=O) groups excluding carboxylic acids is 2. The highest BCUT2D eigenvalue weighted by atomic mass is 16.5. The molecule has 0 radical (unpaired) electrons. The SMILES string of the molecule is CCn1c2ccccc2c2cc(NC(=O)COC(=O)c3ccccn3)ccc21. The van der Waals surface area contributed by atoms with Gasteiger partial charge in [-0.15, -0.1) is 0 Å². The van der Waals surface area contributed by atoms with Crippen LogP contribution in [0.5, 0.6) is 0 Å². The lowest BCUT2D eigenvalue weighted by Crippen LogP contribution is -2.21. The highest BCUT2D eigenvalue weighted by molar-refractivity contribution is 6.09. The fraction of sp³-hybridized carbons (Fsp3) is 0.136. The maximum Gasteiger partial charge on any atom is 0.357 e. The lowest BCUT2D eigenvalue weighted by molar-refractivity contribution is -0.119. The van der Waals surface area contributed by atoms with Gasteiger partial charge in [-0.3, -0.25) is 4.79 Å². The zero-order valence-electron chi connectivity index (χ0n) is 15.4. The normalized spacial score (nSPS) is 10.9. The summed E-state index contributed by atoms with van der Waals surface area (Å²) in [4.78, 5) is 28.0. The maximum atomic E-state index is 12.2. The van der Waals surface area contributed by atoms with E-state index in [2.05, 4.69) is 33.9 Å². The molecule has 140 valence electrons. The van der Waals surface area contributed by atoms with E-state index in [4.69, 9.17) is 4.74 Å². The smallest absolute Gasteiger partial charge is 0.357 e. The molecule has 1 N–H and O–H groups in total. The zero-order valence-corrected chi connectivity index (χ0v) is 15.4. The highest BCUT2D eigenvalue weighted by Gasteiger charge is 2.13. The fourth-order valence-corrected chi connectivity index (χ4v) is 3.36. The fourth-order valence-electron chi connectivity index (χ4n) is 3.36. The van der Waals surface area contributed by atoms with Crippen molar-refractivity contribution >= 4 is 39.4 Å². The Labute approximate surface area is 161 Å². The van der Waals surface area contributed by atoms with E-state index in [9.17, 15) is 9.59 Å². The molecule has 0 fully saturated rings. The number of ether oxygens (including phenoxy) is 1. The lowest BCUT2D eigenvalue weighted by atomic mass is 10.1. The van der Waals surface area contributed by atoms with Gasteiger partial charge in [0.15, 0.2) is 6.61 Å². The number of nitrogens with zero attached hydrogens (tertiary/aromatic N) is 2. The Balaban J connectivity index is 1.51. The van der Waals surface area contributed by atoms with E-state index in [0.29, 0.717) is 5.69 Å². The van der Waals surface area contributed by atoms with Crippen LogP contribution < -0.4 is 5.32 Å². The van der Waals surface area contributed by atoms with Crippen LogP contribution in [0.4, 0.5) is 5.69 Å². The van der Waals surface area contributed by atoms with Gasteiger partial charge in [0.1, 0.15) is 5.69 Å². The third-order valence-electron chi connectivity index (χ3n) is 4.58. The van der Waals surface area contributed by atoms with Crippen LogP contribution >= 0.6 is 0 Å². The van der Waals surface area contributed by atoms with Crippen LogP contribution in [0.25, 0.3) is 21.8 Å².